The lowest BCUT2D eigenvalue weighted by atomic mass is 9.90. The maximum Gasteiger partial charge on any atom is 0.171 e. The first-order valence-corrected chi connectivity index (χ1v) is 7.05. The molecule has 4 heteroatoms. The van der Waals surface area contributed by atoms with Gasteiger partial charge in [0.05, 0.1) is 6.10 Å². The van der Waals surface area contributed by atoms with E-state index in [4.69, 9.17) is 4.74 Å². The average molecular weight is 263 g/mol. The van der Waals surface area contributed by atoms with E-state index in [1.807, 2.05) is 39.2 Å². The number of hydrogen-bond acceptors (Lipinski definition) is 4. The first kappa shape index (κ1) is 14.1. The minimum atomic E-state index is 0.175. The molecule has 1 fully saturated rings. The Labute approximate surface area is 116 Å². The normalized spacial score (nSPS) is 23.1. The van der Waals surface area contributed by atoms with Crippen LogP contribution in [0.3, 0.4) is 0 Å². The molecule has 1 atom stereocenters. The van der Waals surface area contributed by atoms with E-state index in [2.05, 4.69) is 22.1 Å². The monoisotopic (exact) mass is 263 g/mol. The molecule has 1 aromatic rings. The Bertz CT molecular complexity index is 422. The Kier molecular flexibility index (Phi) is 4.30. The second-order valence-corrected chi connectivity index (χ2v) is 6.00. The van der Waals surface area contributed by atoms with Crippen molar-refractivity contribution in [2.75, 3.05) is 31.6 Å². The van der Waals surface area contributed by atoms with E-state index in [0.29, 0.717) is 5.41 Å². The highest BCUT2D eigenvalue weighted by atomic mass is 16.5. The minimum Gasteiger partial charge on any atom is -0.487 e. The molecule has 4 nitrogen and oxygen atoms in total. The fourth-order valence-corrected chi connectivity index (χ4v) is 2.74. The molecule has 0 amide bonds. The van der Waals surface area contributed by atoms with Crippen molar-refractivity contribution in [2.24, 2.45) is 5.41 Å². The van der Waals surface area contributed by atoms with Gasteiger partial charge in [0, 0.05) is 25.8 Å². The Morgan fingerprint density at radius 1 is 1.53 bits per heavy atom. The van der Waals surface area contributed by atoms with Crippen LogP contribution in [0.25, 0.3) is 0 Å². The number of pyridine rings is 1. The molecule has 1 aromatic heterocycles. The van der Waals surface area contributed by atoms with Crippen molar-refractivity contribution in [1.82, 2.24) is 10.3 Å². The lowest BCUT2D eigenvalue weighted by Crippen LogP contribution is -2.33. The first-order valence-electron chi connectivity index (χ1n) is 7.05. The molecule has 19 heavy (non-hydrogen) atoms. The van der Waals surface area contributed by atoms with Crippen LogP contribution in [0.1, 0.15) is 27.2 Å². The van der Waals surface area contributed by atoms with Crippen molar-refractivity contribution in [3.63, 3.8) is 0 Å². The molecule has 1 aliphatic heterocycles. The average Bonchev–Trinajstić information content (AvgIpc) is 2.72. The summed E-state index contributed by atoms with van der Waals surface area (Å²) in [6.45, 7) is 9.53. The Balaban J connectivity index is 2.15. The van der Waals surface area contributed by atoms with E-state index in [0.717, 1.165) is 31.2 Å². The number of nitrogens with zero attached hydrogens (tertiary/aromatic N) is 2. The molecule has 1 aliphatic rings. The summed E-state index contributed by atoms with van der Waals surface area (Å²) in [5.74, 6) is 1.88. The highest BCUT2D eigenvalue weighted by Crippen LogP contribution is 2.35. The third-order valence-corrected chi connectivity index (χ3v) is 3.57. The van der Waals surface area contributed by atoms with Gasteiger partial charge in [-0.3, -0.25) is 0 Å². The number of ether oxygens (including phenoxy) is 1. The number of anilines is 1. The molecular formula is C15H25N3O. The van der Waals surface area contributed by atoms with Crippen molar-refractivity contribution in [1.29, 1.82) is 0 Å². The van der Waals surface area contributed by atoms with Crippen molar-refractivity contribution in [3.8, 4) is 5.75 Å². The van der Waals surface area contributed by atoms with Crippen molar-refractivity contribution >= 4 is 5.82 Å². The van der Waals surface area contributed by atoms with Crippen LogP contribution in [0.15, 0.2) is 18.3 Å². The van der Waals surface area contributed by atoms with Crippen LogP contribution >= 0.6 is 0 Å². The quantitative estimate of drug-likeness (QED) is 0.884. The smallest absolute Gasteiger partial charge is 0.171 e. The molecule has 0 aliphatic carbocycles. The summed E-state index contributed by atoms with van der Waals surface area (Å²) < 4.78 is 5.87. The maximum absolute atomic E-state index is 5.87. The molecule has 0 saturated carbocycles. The van der Waals surface area contributed by atoms with E-state index in [1.165, 1.54) is 6.42 Å². The minimum absolute atomic E-state index is 0.175. The zero-order valence-corrected chi connectivity index (χ0v) is 12.4. The highest BCUT2D eigenvalue weighted by Gasteiger charge is 2.34. The molecule has 1 unspecified atom stereocenters. The predicted molar refractivity (Wildman–Crippen MR) is 78.9 cm³/mol. The maximum atomic E-state index is 5.87. The molecule has 2 heterocycles. The fraction of sp³-hybridized carbons (Fsp3) is 0.667. The standard InChI is InChI=1S/C15H25N3O/c1-12(2)19-13-6-5-8-17-14(13)18-9-7-15(3,11-18)10-16-4/h5-6,8,12,16H,7,9-11H2,1-4H3. The lowest BCUT2D eigenvalue weighted by molar-refractivity contribution is 0.242. The van der Waals surface area contributed by atoms with Gasteiger partial charge in [0.25, 0.3) is 0 Å². The Hall–Kier alpha value is -1.29. The summed E-state index contributed by atoms with van der Waals surface area (Å²) in [6, 6.07) is 3.94. The summed E-state index contributed by atoms with van der Waals surface area (Å²) in [7, 11) is 2.02. The SMILES string of the molecule is CNCC1(C)CCN(c2ncccc2OC(C)C)C1. The zero-order chi connectivity index (χ0) is 13.9. The summed E-state index contributed by atoms with van der Waals surface area (Å²) in [6.07, 6.45) is 3.20. The molecule has 0 spiro atoms. The van der Waals surface area contributed by atoms with Gasteiger partial charge < -0.3 is 15.0 Å². The summed E-state index contributed by atoms with van der Waals surface area (Å²) in [5, 5.41) is 3.29. The summed E-state index contributed by atoms with van der Waals surface area (Å²) in [5.41, 5.74) is 0.321. The third kappa shape index (κ3) is 3.38. The molecule has 2 rings (SSSR count). The largest absolute Gasteiger partial charge is 0.487 e. The van der Waals surface area contributed by atoms with E-state index in [1.54, 1.807) is 0 Å². The first-order chi connectivity index (χ1) is 9.04. The molecule has 1 saturated heterocycles. The molecule has 0 aromatic carbocycles. The van der Waals surface area contributed by atoms with E-state index in [9.17, 15) is 0 Å². The second-order valence-electron chi connectivity index (χ2n) is 6.00. The number of rotatable bonds is 5. The number of nitrogens with one attached hydrogen (secondary N) is 1. The van der Waals surface area contributed by atoms with Gasteiger partial charge in [-0.1, -0.05) is 6.92 Å². The van der Waals surface area contributed by atoms with Crippen molar-refractivity contribution in [3.05, 3.63) is 18.3 Å². The van der Waals surface area contributed by atoms with Crippen LogP contribution in [0.2, 0.25) is 0 Å². The van der Waals surface area contributed by atoms with Gasteiger partial charge in [0.15, 0.2) is 11.6 Å². The van der Waals surface area contributed by atoms with Gasteiger partial charge in [-0.05, 0) is 44.9 Å². The topological polar surface area (TPSA) is 37.4 Å². The summed E-state index contributed by atoms with van der Waals surface area (Å²) >= 11 is 0. The van der Waals surface area contributed by atoms with Gasteiger partial charge in [-0.2, -0.15) is 0 Å². The third-order valence-electron chi connectivity index (χ3n) is 3.57. The van der Waals surface area contributed by atoms with Crippen LogP contribution in [0, 0.1) is 5.41 Å². The summed E-state index contributed by atoms with van der Waals surface area (Å²) in [4.78, 5) is 6.86. The Morgan fingerprint density at radius 3 is 3.00 bits per heavy atom. The van der Waals surface area contributed by atoms with Crippen molar-refractivity contribution in [2.45, 2.75) is 33.3 Å². The molecule has 106 valence electrons. The van der Waals surface area contributed by atoms with Gasteiger partial charge in [-0.15, -0.1) is 0 Å². The second kappa shape index (κ2) is 5.78. The van der Waals surface area contributed by atoms with Crippen LogP contribution in [0.5, 0.6) is 5.75 Å². The van der Waals surface area contributed by atoms with Crippen LogP contribution in [-0.2, 0) is 0 Å². The molecule has 0 bridgehead atoms. The highest BCUT2D eigenvalue weighted by molar-refractivity contribution is 5.53. The van der Waals surface area contributed by atoms with Gasteiger partial charge in [0.1, 0.15) is 0 Å². The number of hydrogen-bond donors (Lipinski definition) is 1. The van der Waals surface area contributed by atoms with Crippen LogP contribution in [0.4, 0.5) is 5.82 Å². The van der Waals surface area contributed by atoms with Gasteiger partial charge in [0.2, 0.25) is 0 Å². The van der Waals surface area contributed by atoms with Crippen molar-refractivity contribution < 1.29 is 4.74 Å². The zero-order valence-electron chi connectivity index (χ0n) is 12.4. The molecule has 0 radical (unpaired) electrons. The Morgan fingerprint density at radius 2 is 2.32 bits per heavy atom. The van der Waals surface area contributed by atoms with E-state index in [-0.39, 0.29) is 6.10 Å². The van der Waals surface area contributed by atoms with Crippen LogP contribution in [-0.4, -0.2) is 37.8 Å². The predicted octanol–water partition coefficient (Wildman–Crippen LogP) is 2.30. The fourth-order valence-electron chi connectivity index (χ4n) is 2.74. The van der Waals surface area contributed by atoms with E-state index >= 15 is 0 Å². The van der Waals surface area contributed by atoms with Gasteiger partial charge >= 0.3 is 0 Å². The number of aromatic nitrogens is 1. The van der Waals surface area contributed by atoms with Crippen LogP contribution < -0.4 is 15.0 Å². The van der Waals surface area contributed by atoms with E-state index < -0.39 is 0 Å². The van der Waals surface area contributed by atoms with Gasteiger partial charge in [-0.25, -0.2) is 4.98 Å². The molecular weight excluding hydrogens is 238 g/mol. The lowest BCUT2D eigenvalue weighted by Gasteiger charge is -2.26. The molecule has 1 N–H and O–H groups in total.